The van der Waals surface area contributed by atoms with E-state index in [4.69, 9.17) is 5.14 Å². The van der Waals surface area contributed by atoms with Crippen molar-refractivity contribution in [3.8, 4) is 0 Å². The van der Waals surface area contributed by atoms with E-state index in [0.29, 0.717) is 5.75 Å². The molecule has 0 saturated heterocycles. The van der Waals surface area contributed by atoms with Gasteiger partial charge in [-0.1, -0.05) is 30.3 Å². The third-order valence-electron chi connectivity index (χ3n) is 4.11. The third-order valence-corrected chi connectivity index (χ3v) is 6.20. The molecule has 0 fully saturated rings. The fourth-order valence-electron chi connectivity index (χ4n) is 2.34. The third kappa shape index (κ3) is 5.07. The zero-order valence-electron chi connectivity index (χ0n) is 14.5. The molecule has 2 N–H and O–H groups in total. The number of sulfonamides is 1. The Bertz CT molecular complexity index is 849. The van der Waals surface area contributed by atoms with Crippen LogP contribution in [0.1, 0.15) is 24.1 Å². The van der Waals surface area contributed by atoms with E-state index in [1.54, 1.807) is 24.1 Å². The van der Waals surface area contributed by atoms with Crippen LogP contribution in [0.2, 0.25) is 0 Å². The van der Waals surface area contributed by atoms with Gasteiger partial charge in [0.15, 0.2) is 0 Å². The lowest BCUT2D eigenvalue weighted by Crippen LogP contribution is -2.31. The maximum absolute atomic E-state index is 12.5. The second-order valence-corrected chi connectivity index (χ2v) is 8.43. The quantitative estimate of drug-likeness (QED) is 0.784. The molecule has 2 rings (SSSR count). The molecule has 5 nitrogen and oxygen atoms in total. The Morgan fingerprint density at radius 3 is 2.32 bits per heavy atom. The fourth-order valence-corrected chi connectivity index (χ4v) is 3.80. The molecule has 0 heterocycles. The molecule has 2 aromatic carbocycles. The van der Waals surface area contributed by atoms with Crippen LogP contribution in [0.5, 0.6) is 0 Å². The van der Waals surface area contributed by atoms with Crippen LogP contribution in [0.15, 0.2) is 58.3 Å². The summed E-state index contributed by atoms with van der Waals surface area (Å²) in [5.41, 5.74) is 2.00. The van der Waals surface area contributed by atoms with Crippen molar-refractivity contribution in [1.82, 2.24) is 4.90 Å². The first kappa shape index (κ1) is 19.5. The Morgan fingerprint density at radius 2 is 1.76 bits per heavy atom. The predicted molar refractivity (Wildman–Crippen MR) is 101 cm³/mol. The van der Waals surface area contributed by atoms with Crippen molar-refractivity contribution in [1.29, 1.82) is 0 Å². The normalized spacial score (nSPS) is 12.6. The second-order valence-electron chi connectivity index (χ2n) is 5.85. The van der Waals surface area contributed by atoms with Crippen LogP contribution < -0.4 is 5.14 Å². The maximum Gasteiger partial charge on any atom is 0.238 e. The first-order valence-electron chi connectivity index (χ1n) is 7.77. The van der Waals surface area contributed by atoms with Crippen molar-refractivity contribution < 1.29 is 13.2 Å². The van der Waals surface area contributed by atoms with Gasteiger partial charge in [0.25, 0.3) is 0 Å². The molecule has 0 spiro atoms. The zero-order chi connectivity index (χ0) is 18.6. The van der Waals surface area contributed by atoms with Crippen molar-refractivity contribution in [2.75, 3.05) is 12.8 Å². The van der Waals surface area contributed by atoms with Crippen LogP contribution >= 0.6 is 11.8 Å². The monoisotopic (exact) mass is 378 g/mol. The van der Waals surface area contributed by atoms with E-state index in [1.807, 2.05) is 38.1 Å². The minimum absolute atomic E-state index is 0.0104. The van der Waals surface area contributed by atoms with Crippen LogP contribution in [0, 0.1) is 6.92 Å². The molecule has 0 bridgehead atoms. The van der Waals surface area contributed by atoms with Crippen LogP contribution in [-0.2, 0) is 14.8 Å². The van der Waals surface area contributed by atoms with Crippen molar-refractivity contribution in [2.45, 2.75) is 29.7 Å². The molecule has 0 aliphatic carbocycles. The first-order chi connectivity index (χ1) is 11.7. The van der Waals surface area contributed by atoms with Crippen LogP contribution in [-0.4, -0.2) is 32.0 Å². The lowest BCUT2D eigenvalue weighted by atomic mass is 10.1. The Hall–Kier alpha value is -1.83. The molecule has 2 aromatic rings. The zero-order valence-corrected chi connectivity index (χ0v) is 16.1. The molecule has 0 aromatic heterocycles. The molecular weight excluding hydrogens is 356 g/mol. The van der Waals surface area contributed by atoms with Gasteiger partial charge in [0.2, 0.25) is 15.9 Å². The van der Waals surface area contributed by atoms with Gasteiger partial charge in [-0.15, -0.1) is 11.8 Å². The SMILES string of the molecule is Cc1ccccc1SCC(=O)N(C)C(C)c1ccc(S(N)(=O)=O)cc1. The number of aryl methyl sites for hydroxylation is 1. The van der Waals surface area contributed by atoms with Gasteiger partial charge in [-0.3, -0.25) is 4.79 Å². The highest BCUT2D eigenvalue weighted by Gasteiger charge is 2.18. The molecular formula is C18H22N2O3S2. The molecule has 1 unspecified atom stereocenters. The molecule has 1 atom stereocenters. The van der Waals surface area contributed by atoms with Gasteiger partial charge in [0.1, 0.15) is 0 Å². The Labute approximate surface area is 153 Å². The van der Waals surface area contributed by atoms with E-state index in [9.17, 15) is 13.2 Å². The predicted octanol–water partition coefficient (Wildman–Crippen LogP) is 2.95. The average molecular weight is 379 g/mol. The summed E-state index contributed by atoms with van der Waals surface area (Å²) >= 11 is 1.51. The number of carbonyl (C=O) groups is 1. The van der Waals surface area contributed by atoms with Gasteiger partial charge in [0, 0.05) is 11.9 Å². The highest BCUT2D eigenvalue weighted by atomic mass is 32.2. The number of benzene rings is 2. The molecule has 1 amide bonds. The highest BCUT2D eigenvalue weighted by molar-refractivity contribution is 8.00. The molecule has 7 heteroatoms. The standard InChI is InChI=1S/C18H22N2O3S2/c1-13-6-4-5-7-17(13)24-12-18(21)20(3)14(2)15-8-10-16(11-9-15)25(19,22)23/h4-11,14H,12H2,1-3H3,(H2,19,22,23). The van der Waals surface area contributed by atoms with E-state index in [1.165, 1.54) is 23.9 Å². The summed E-state index contributed by atoms with van der Waals surface area (Å²) in [6.07, 6.45) is 0. The van der Waals surface area contributed by atoms with Crippen LogP contribution in [0.4, 0.5) is 0 Å². The number of rotatable bonds is 6. The summed E-state index contributed by atoms with van der Waals surface area (Å²) < 4.78 is 22.6. The Balaban J connectivity index is 2.02. The number of carbonyl (C=O) groups excluding carboxylic acids is 1. The maximum atomic E-state index is 12.5. The van der Waals surface area contributed by atoms with Crippen LogP contribution in [0.25, 0.3) is 0 Å². The molecule has 0 aliphatic rings. The number of amides is 1. The molecule has 0 radical (unpaired) electrons. The number of primary sulfonamides is 1. The highest BCUT2D eigenvalue weighted by Crippen LogP contribution is 2.25. The lowest BCUT2D eigenvalue weighted by molar-refractivity contribution is -0.128. The molecule has 0 saturated carbocycles. The fraction of sp³-hybridized carbons (Fsp3) is 0.278. The largest absolute Gasteiger partial charge is 0.338 e. The smallest absolute Gasteiger partial charge is 0.238 e. The topological polar surface area (TPSA) is 80.5 Å². The van der Waals surface area contributed by atoms with E-state index in [0.717, 1.165) is 16.0 Å². The summed E-state index contributed by atoms with van der Waals surface area (Å²) in [6.45, 7) is 3.93. The Kier molecular flexibility index (Phi) is 6.26. The summed E-state index contributed by atoms with van der Waals surface area (Å²) in [5, 5.41) is 5.10. The number of nitrogens with zero attached hydrogens (tertiary/aromatic N) is 1. The van der Waals surface area contributed by atoms with Gasteiger partial charge in [0.05, 0.1) is 16.7 Å². The summed E-state index contributed by atoms with van der Waals surface area (Å²) in [6, 6.07) is 14.1. The van der Waals surface area contributed by atoms with E-state index in [2.05, 4.69) is 0 Å². The van der Waals surface area contributed by atoms with Crippen molar-refractivity contribution in [3.05, 3.63) is 59.7 Å². The lowest BCUT2D eigenvalue weighted by Gasteiger charge is -2.25. The van der Waals surface area contributed by atoms with Gasteiger partial charge in [-0.05, 0) is 43.2 Å². The minimum Gasteiger partial charge on any atom is -0.338 e. The number of hydrogen-bond donors (Lipinski definition) is 1. The van der Waals surface area contributed by atoms with E-state index < -0.39 is 10.0 Å². The first-order valence-corrected chi connectivity index (χ1v) is 10.3. The van der Waals surface area contributed by atoms with E-state index >= 15 is 0 Å². The minimum atomic E-state index is -3.71. The second kappa shape index (κ2) is 8.03. The molecule has 134 valence electrons. The van der Waals surface area contributed by atoms with Crippen molar-refractivity contribution >= 4 is 27.7 Å². The van der Waals surface area contributed by atoms with Crippen molar-refractivity contribution in [2.24, 2.45) is 5.14 Å². The van der Waals surface area contributed by atoms with E-state index in [-0.39, 0.29) is 16.8 Å². The number of hydrogen-bond acceptors (Lipinski definition) is 4. The van der Waals surface area contributed by atoms with Crippen molar-refractivity contribution in [3.63, 3.8) is 0 Å². The van der Waals surface area contributed by atoms with Gasteiger partial charge in [-0.25, -0.2) is 13.6 Å². The van der Waals surface area contributed by atoms with Gasteiger partial charge in [-0.2, -0.15) is 0 Å². The molecule has 0 aliphatic heterocycles. The van der Waals surface area contributed by atoms with Crippen LogP contribution in [0.3, 0.4) is 0 Å². The summed E-state index contributed by atoms with van der Waals surface area (Å²) in [4.78, 5) is 15.3. The number of nitrogens with two attached hydrogens (primary N) is 1. The average Bonchev–Trinajstić information content (AvgIpc) is 2.59. The molecule has 25 heavy (non-hydrogen) atoms. The van der Waals surface area contributed by atoms with Gasteiger partial charge >= 0.3 is 0 Å². The number of thioether (sulfide) groups is 1. The summed E-state index contributed by atoms with van der Waals surface area (Å²) in [5.74, 6) is 0.359. The van der Waals surface area contributed by atoms with Gasteiger partial charge < -0.3 is 4.90 Å². The summed E-state index contributed by atoms with van der Waals surface area (Å²) in [7, 11) is -1.96. The Morgan fingerprint density at radius 1 is 1.16 bits per heavy atom.